The molecule has 3 aromatic rings. The molecule has 0 saturated heterocycles. The average molecular weight is 517 g/mol. The molecule has 0 fully saturated rings. The van der Waals surface area contributed by atoms with Gasteiger partial charge < -0.3 is 4.74 Å². The number of hydrogen-bond donors (Lipinski definition) is 2. The highest BCUT2D eigenvalue weighted by Crippen LogP contribution is 2.28. The molecule has 8 nitrogen and oxygen atoms in total. The number of ether oxygens (including phenoxy) is 1. The van der Waals surface area contributed by atoms with Crippen LogP contribution in [-0.2, 0) is 20.2 Å². The Morgan fingerprint density at radius 1 is 1.06 bits per heavy atom. The quantitative estimate of drug-likeness (QED) is 0.421. The van der Waals surface area contributed by atoms with Crippen molar-refractivity contribution in [2.75, 3.05) is 12.4 Å². The van der Waals surface area contributed by atoms with Gasteiger partial charge in [0.1, 0.15) is 16.8 Å². The molecule has 0 aliphatic heterocycles. The van der Waals surface area contributed by atoms with Gasteiger partial charge in [0.2, 0.25) is 21.1 Å². The molecule has 35 heavy (non-hydrogen) atoms. The van der Waals surface area contributed by atoms with E-state index in [4.69, 9.17) is 4.74 Å². The number of rotatable bonds is 9. The van der Waals surface area contributed by atoms with Gasteiger partial charge in [0.05, 0.1) is 12.0 Å². The largest absolute Gasteiger partial charge is 0.497 e. The lowest BCUT2D eigenvalue weighted by Crippen LogP contribution is -2.47. The van der Waals surface area contributed by atoms with Crippen molar-refractivity contribution in [3.8, 4) is 16.3 Å². The third-order valence-electron chi connectivity index (χ3n) is 5.80. The van der Waals surface area contributed by atoms with Crippen molar-refractivity contribution in [3.05, 3.63) is 54.1 Å². The highest BCUT2D eigenvalue weighted by molar-refractivity contribution is 7.89. The summed E-state index contributed by atoms with van der Waals surface area (Å²) >= 11 is 1.21. The lowest BCUT2D eigenvalue weighted by Gasteiger charge is -2.23. The summed E-state index contributed by atoms with van der Waals surface area (Å²) in [5, 5.41) is 11.9. The predicted octanol–water partition coefficient (Wildman–Crippen LogP) is 4.84. The molecule has 0 bridgehead atoms. The molecule has 0 aliphatic rings. The van der Waals surface area contributed by atoms with E-state index in [2.05, 4.69) is 41.0 Å². The minimum absolute atomic E-state index is 0.0960. The molecule has 0 unspecified atom stereocenters. The van der Waals surface area contributed by atoms with Crippen LogP contribution >= 0.6 is 11.3 Å². The molecule has 2 aromatic carbocycles. The van der Waals surface area contributed by atoms with E-state index in [1.807, 2.05) is 38.1 Å². The second-order valence-corrected chi connectivity index (χ2v) is 12.1. The van der Waals surface area contributed by atoms with Gasteiger partial charge in [-0.05, 0) is 53.3 Å². The third-order valence-corrected chi connectivity index (χ3v) is 8.15. The van der Waals surface area contributed by atoms with Gasteiger partial charge in [-0.25, -0.2) is 8.42 Å². The summed E-state index contributed by atoms with van der Waals surface area (Å²) in [4.78, 5) is 13.2. The fourth-order valence-electron chi connectivity index (χ4n) is 3.34. The molecular formula is C25H32N4O4S2. The van der Waals surface area contributed by atoms with E-state index < -0.39 is 22.0 Å². The molecule has 1 heterocycles. The first kappa shape index (κ1) is 26.8. The van der Waals surface area contributed by atoms with Crippen molar-refractivity contribution in [3.63, 3.8) is 0 Å². The Bertz CT molecular complexity index is 1250. The van der Waals surface area contributed by atoms with E-state index in [-0.39, 0.29) is 16.2 Å². The summed E-state index contributed by atoms with van der Waals surface area (Å²) in [5.41, 5.74) is 1.76. The number of benzene rings is 2. The monoisotopic (exact) mass is 516 g/mol. The third kappa shape index (κ3) is 6.65. The molecule has 3 rings (SSSR count). The topological polar surface area (TPSA) is 110 Å². The Kier molecular flexibility index (Phi) is 8.30. The van der Waals surface area contributed by atoms with Gasteiger partial charge in [-0.1, -0.05) is 64.5 Å². The minimum atomic E-state index is -3.91. The fourth-order valence-corrected chi connectivity index (χ4v) is 5.40. The number of nitrogens with one attached hydrogen (secondary N) is 2. The number of carbonyl (C=O) groups is 1. The normalized spacial score (nSPS) is 13.8. The van der Waals surface area contributed by atoms with Crippen molar-refractivity contribution in [2.45, 2.75) is 57.4 Å². The zero-order valence-electron chi connectivity index (χ0n) is 20.8. The van der Waals surface area contributed by atoms with Crippen LogP contribution in [-0.4, -0.2) is 37.7 Å². The molecule has 0 saturated carbocycles. The zero-order chi connectivity index (χ0) is 25.8. The van der Waals surface area contributed by atoms with Crippen LogP contribution in [0.4, 0.5) is 5.13 Å². The Morgan fingerprint density at radius 3 is 2.23 bits per heavy atom. The average Bonchev–Trinajstić information content (AvgIpc) is 3.30. The number of aromatic nitrogens is 2. The number of anilines is 1. The van der Waals surface area contributed by atoms with Gasteiger partial charge in [-0.2, -0.15) is 4.72 Å². The summed E-state index contributed by atoms with van der Waals surface area (Å²) in [5.74, 6) is 0.00258. The predicted molar refractivity (Wildman–Crippen MR) is 139 cm³/mol. The summed E-state index contributed by atoms with van der Waals surface area (Å²) in [7, 11) is -2.32. The van der Waals surface area contributed by atoms with Crippen LogP contribution in [0.5, 0.6) is 5.75 Å². The van der Waals surface area contributed by atoms with Crippen LogP contribution in [0.25, 0.3) is 10.6 Å². The van der Waals surface area contributed by atoms with E-state index >= 15 is 0 Å². The molecule has 0 aliphatic carbocycles. The van der Waals surface area contributed by atoms with Crippen LogP contribution < -0.4 is 14.8 Å². The summed E-state index contributed by atoms with van der Waals surface area (Å²) in [6.45, 7) is 9.92. The summed E-state index contributed by atoms with van der Waals surface area (Å²) in [6.07, 6.45) is 0.608. The second kappa shape index (κ2) is 10.8. The lowest BCUT2D eigenvalue weighted by molar-refractivity contribution is -0.118. The van der Waals surface area contributed by atoms with Crippen molar-refractivity contribution < 1.29 is 17.9 Å². The molecule has 0 radical (unpaired) electrons. The number of methoxy groups -OCH3 is 1. The van der Waals surface area contributed by atoms with Crippen LogP contribution in [0.1, 0.15) is 46.6 Å². The van der Waals surface area contributed by atoms with E-state index in [0.29, 0.717) is 16.6 Å². The summed E-state index contributed by atoms with van der Waals surface area (Å²) < 4.78 is 34.0. The maximum Gasteiger partial charge on any atom is 0.244 e. The van der Waals surface area contributed by atoms with Crippen LogP contribution in [0, 0.1) is 5.92 Å². The Hall–Kier alpha value is -2.82. The Labute approximate surface area is 211 Å². The SMILES string of the molecule is CC[C@H](C)[C@@H](NS(=O)(=O)c1ccc(C(C)(C)C)cc1)C(=O)Nc1nnc(-c2ccc(OC)cc2)s1. The zero-order valence-corrected chi connectivity index (χ0v) is 22.5. The van der Waals surface area contributed by atoms with Crippen molar-refractivity contribution in [1.82, 2.24) is 14.9 Å². The van der Waals surface area contributed by atoms with Gasteiger partial charge in [-0.15, -0.1) is 10.2 Å². The van der Waals surface area contributed by atoms with Gasteiger partial charge in [0.25, 0.3) is 0 Å². The Balaban J connectivity index is 1.77. The number of amides is 1. The first-order valence-corrected chi connectivity index (χ1v) is 13.7. The van der Waals surface area contributed by atoms with Crippen molar-refractivity contribution in [1.29, 1.82) is 0 Å². The van der Waals surface area contributed by atoms with Crippen LogP contribution in [0.3, 0.4) is 0 Å². The maximum absolute atomic E-state index is 13.1. The first-order valence-electron chi connectivity index (χ1n) is 11.4. The number of nitrogens with zero attached hydrogens (tertiary/aromatic N) is 2. The first-order chi connectivity index (χ1) is 16.4. The van der Waals surface area contributed by atoms with Crippen molar-refractivity contribution in [2.24, 2.45) is 5.92 Å². The van der Waals surface area contributed by atoms with E-state index in [0.717, 1.165) is 16.9 Å². The van der Waals surface area contributed by atoms with E-state index in [1.165, 1.54) is 11.3 Å². The maximum atomic E-state index is 13.1. The van der Waals surface area contributed by atoms with Gasteiger partial charge in [-0.3, -0.25) is 10.1 Å². The molecule has 10 heteroatoms. The van der Waals surface area contributed by atoms with Crippen LogP contribution in [0.2, 0.25) is 0 Å². The fraction of sp³-hybridized carbons (Fsp3) is 0.400. The highest BCUT2D eigenvalue weighted by Gasteiger charge is 2.30. The lowest BCUT2D eigenvalue weighted by atomic mass is 9.87. The van der Waals surface area contributed by atoms with Gasteiger partial charge >= 0.3 is 0 Å². The van der Waals surface area contributed by atoms with E-state index in [1.54, 1.807) is 31.4 Å². The number of sulfonamides is 1. The highest BCUT2D eigenvalue weighted by atomic mass is 32.2. The second-order valence-electron chi connectivity index (χ2n) is 9.39. The van der Waals surface area contributed by atoms with Gasteiger partial charge in [0, 0.05) is 5.56 Å². The standard InChI is InChI=1S/C25H32N4O4S2/c1-7-16(2)21(29-35(31,32)20-14-10-18(11-15-20)25(3,4)5)22(30)26-24-28-27-23(34-24)17-8-12-19(33-6)13-9-17/h8-16,21,29H,7H2,1-6H3,(H,26,28,30)/t16-,21+/m0/s1. The molecule has 1 aromatic heterocycles. The van der Waals surface area contributed by atoms with Crippen LogP contribution in [0.15, 0.2) is 53.4 Å². The number of hydrogen-bond acceptors (Lipinski definition) is 7. The Morgan fingerprint density at radius 2 is 1.69 bits per heavy atom. The summed E-state index contributed by atoms with van der Waals surface area (Å²) in [6, 6.07) is 13.1. The minimum Gasteiger partial charge on any atom is -0.497 e. The molecule has 2 N–H and O–H groups in total. The van der Waals surface area contributed by atoms with E-state index in [9.17, 15) is 13.2 Å². The molecule has 2 atom stereocenters. The smallest absolute Gasteiger partial charge is 0.244 e. The molecule has 1 amide bonds. The molecular weight excluding hydrogens is 484 g/mol. The molecule has 0 spiro atoms. The van der Waals surface area contributed by atoms with Crippen molar-refractivity contribution >= 4 is 32.4 Å². The molecule has 188 valence electrons. The number of carbonyl (C=O) groups excluding carboxylic acids is 1. The van der Waals surface area contributed by atoms with Gasteiger partial charge in [0.15, 0.2) is 0 Å².